The molecule has 4 N–H and O–H groups in total. The van der Waals surface area contributed by atoms with Crippen LogP contribution in [0, 0.1) is 0 Å². The molecule has 1 aliphatic heterocycles. The molecule has 12 nitrogen and oxygen atoms in total. The summed E-state index contributed by atoms with van der Waals surface area (Å²) in [6.45, 7) is 2.85. The van der Waals surface area contributed by atoms with Gasteiger partial charge in [0.25, 0.3) is 11.8 Å². The summed E-state index contributed by atoms with van der Waals surface area (Å²) in [7, 11) is 0. The van der Waals surface area contributed by atoms with Crippen LogP contribution in [0.15, 0.2) is 12.2 Å². The van der Waals surface area contributed by atoms with Crippen molar-refractivity contribution in [2.75, 3.05) is 59.5 Å². The van der Waals surface area contributed by atoms with Crippen molar-refractivity contribution in [3.8, 4) is 0 Å². The summed E-state index contributed by atoms with van der Waals surface area (Å²) in [6.07, 6.45) is 3.26. The standard InChI is InChI=1S/C18H30N4O8/c19-21-16(24)5-9-27-10-11-28-12-13-30-14-29-8-1-6-20-15(23)4-7-22-17(25)2-3-18(22)26/h2-3H,1,4-14,19H2,(H,20,23)(H,21,24). The normalized spacial score (nSPS) is 13.2. The second-order valence-corrected chi connectivity index (χ2v) is 6.09. The lowest BCUT2D eigenvalue weighted by Gasteiger charge is -2.13. The summed E-state index contributed by atoms with van der Waals surface area (Å²) < 4.78 is 21.0. The van der Waals surface area contributed by atoms with Crippen LogP contribution in [0.4, 0.5) is 0 Å². The molecule has 0 saturated carbocycles. The molecule has 0 saturated heterocycles. The van der Waals surface area contributed by atoms with E-state index in [4.69, 9.17) is 24.8 Å². The predicted octanol–water partition coefficient (Wildman–Crippen LogP) is -1.79. The fourth-order valence-electron chi connectivity index (χ4n) is 2.21. The van der Waals surface area contributed by atoms with Crippen LogP contribution in [0.25, 0.3) is 0 Å². The van der Waals surface area contributed by atoms with Gasteiger partial charge in [0.1, 0.15) is 6.79 Å². The lowest BCUT2D eigenvalue weighted by atomic mass is 10.3. The van der Waals surface area contributed by atoms with Crippen molar-refractivity contribution in [1.29, 1.82) is 0 Å². The van der Waals surface area contributed by atoms with Gasteiger partial charge in [-0.05, 0) is 6.42 Å². The average molecular weight is 430 g/mol. The van der Waals surface area contributed by atoms with Crippen LogP contribution in [-0.2, 0) is 38.1 Å². The van der Waals surface area contributed by atoms with Gasteiger partial charge in [-0.1, -0.05) is 0 Å². The topological polar surface area (TPSA) is 159 Å². The van der Waals surface area contributed by atoms with E-state index >= 15 is 0 Å². The molecule has 0 aromatic heterocycles. The summed E-state index contributed by atoms with van der Waals surface area (Å²) in [5, 5.41) is 2.70. The van der Waals surface area contributed by atoms with Crippen molar-refractivity contribution in [1.82, 2.24) is 15.6 Å². The number of carbonyl (C=O) groups excluding carboxylic acids is 4. The maximum atomic E-state index is 11.7. The number of rotatable bonds is 18. The van der Waals surface area contributed by atoms with E-state index in [-0.39, 0.29) is 44.6 Å². The quantitative estimate of drug-likeness (QED) is 0.0570. The van der Waals surface area contributed by atoms with Gasteiger partial charge in [0.2, 0.25) is 11.8 Å². The van der Waals surface area contributed by atoms with Gasteiger partial charge < -0.3 is 24.3 Å². The molecule has 0 unspecified atom stereocenters. The van der Waals surface area contributed by atoms with Gasteiger partial charge in [-0.15, -0.1) is 0 Å². The maximum absolute atomic E-state index is 11.7. The molecule has 1 aliphatic rings. The zero-order chi connectivity index (χ0) is 22.0. The first-order valence-corrected chi connectivity index (χ1v) is 9.65. The lowest BCUT2D eigenvalue weighted by molar-refractivity contribution is -0.137. The highest BCUT2D eigenvalue weighted by atomic mass is 16.7. The number of nitrogens with one attached hydrogen (secondary N) is 2. The zero-order valence-electron chi connectivity index (χ0n) is 16.9. The van der Waals surface area contributed by atoms with E-state index in [2.05, 4.69) is 5.32 Å². The van der Waals surface area contributed by atoms with Crippen LogP contribution in [0.1, 0.15) is 19.3 Å². The van der Waals surface area contributed by atoms with E-state index < -0.39 is 11.8 Å². The van der Waals surface area contributed by atoms with Gasteiger partial charge in [0.15, 0.2) is 0 Å². The van der Waals surface area contributed by atoms with Crippen molar-refractivity contribution < 1.29 is 38.1 Å². The van der Waals surface area contributed by atoms with Gasteiger partial charge in [-0.25, -0.2) is 5.84 Å². The van der Waals surface area contributed by atoms with Crippen molar-refractivity contribution in [3.05, 3.63) is 12.2 Å². The summed E-state index contributed by atoms with van der Waals surface area (Å²) in [5.74, 6) is 3.63. The maximum Gasteiger partial charge on any atom is 0.253 e. The van der Waals surface area contributed by atoms with E-state index in [9.17, 15) is 19.2 Å². The molecule has 0 bridgehead atoms. The Morgan fingerprint density at radius 1 is 0.833 bits per heavy atom. The number of amides is 4. The number of hydrogen-bond donors (Lipinski definition) is 3. The second kappa shape index (κ2) is 16.4. The molecule has 12 heteroatoms. The van der Waals surface area contributed by atoms with Crippen LogP contribution in [0.5, 0.6) is 0 Å². The first kappa shape index (κ1) is 25.7. The molecular formula is C18H30N4O8. The molecule has 30 heavy (non-hydrogen) atoms. The molecule has 0 aromatic carbocycles. The largest absolute Gasteiger partial charge is 0.379 e. The molecule has 170 valence electrons. The smallest absolute Gasteiger partial charge is 0.253 e. The second-order valence-electron chi connectivity index (χ2n) is 6.09. The molecule has 0 spiro atoms. The summed E-state index contributed by atoms with van der Waals surface area (Å²) in [4.78, 5) is 46.3. The van der Waals surface area contributed by atoms with Crippen molar-refractivity contribution >= 4 is 23.6 Å². The monoisotopic (exact) mass is 430 g/mol. The fraction of sp³-hybridized carbons (Fsp3) is 0.667. The minimum absolute atomic E-state index is 0.0667. The first-order chi connectivity index (χ1) is 14.5. The highest BCUT2D eigenvalue weighted by molar-refractivity contribution is 6.13. The van der Waals surface area contributed by atoms with Gasteiger partial charge in [-0.3, -0.25) is 29.5 Å². The Morgan fingerprint density at radius 3 is 2.10 bits per heavy atom. The molecule has 0 atom stereocenters. The number of imide groups is 1. The molecule has 1 rings (SSSR count). The highest BCUT2D eigenvalue weighted by Gasteiger charge is 2.23. The molecule has 0 aliphatic carbocycles. The Bertz CT molecular complexity index is 567. The highest BCUT2D eigenvalue weighted by Crippen LogP contribution is 2.03. The van der Waals surface area contributed by atoms with E-state index in [0.717, 1.165) is 4.90 Å². The fourth-order valence-corrected chi connectivity index (χ4v) is 2.21. The van der Waals surface area contributed by atoms with Crippen LogP contribution in [0.3, 0.4) is 0 Å². The third kappa shape index (κ3) is 12.2. The SMILES string of the molecule is NNC(=O)CCOCCOCCOCOCCCNC(=O)CCN1C(=O)C=CC1=O. The average Bonchev–Trinajstić information content (AvgIpc) is 3.06. The van der Waals surface area contributed by atoms with Crippen LogP contribution in [0.2, 0.25) is 0 Å². The van der Waals surface area contributed by atoms with Crippen LogP contribution >= 0.6 is 0 Å². The van der Waals surface area contributed by atoms with Gasteiger partial charge in [0.05, 0.1) is 46.1 Å². The summed E-state index contributed by atoms with van der Waals surface area (Å²) >= 11 is 0. The summed E-state index contributed by atoms with van der Waals surface area (Å²) in [6, 6.07) is 0. The number of hydrazine groups is 1. The van der Waals surface area contributed by atoms with Crippen LogP contribution < -0.4 is 16.6 Å². The van der Waals surface area contributed by atoms with E-state index in [0.29, 0.717) is 46.0 Å². The minimum Gasteiger partial charge on any atom is -0.379 e. The third-order valence-corrected chi connectivity index (χ3v) is 3.80. The molecule has 4 amide bonds. The molecule has 0 radical (unpaired) electrons. The van der Waals surface area contributed by atoms with Gasteiger partial charge >= 0.3 is 0 Å². The first-order valence-electron chi connectivity index (χ1n) is 9.65. The van der Waals surface area contributed by atoms with E-state index in [1.165, 1.54) is 12.2 Å². The van der Waals surface area contributed by atoms with E-state index in [1.807, 2.05) is 5.43 Å². The van der Waals surface area contributed by atoms with Crippen molar-refractivity contribution in [2.24, 2.45) is 5.84 Å². The molecule has 0 fully saturated rings. The van der Waals surface area contributed by atoms with Crippen molar-refractivity contribution in [2.45, 2.75) is 19.3 Å². The number of carbonyl (C=O) groups is 4. The Hall–Kier alpha value is -2.38. The molecule has 0 aromatic rings. The van der Waals surface area contributed by atoms with Gasteiger partial charge in [-0.2, -0.15) is 0 Å². The molecular weight excluding hydrogens is 400 g/mol. The Morgan fingerprint density at radius 2 is 1.43 bits per heavy atom. The number of hydrogen-bond acceptors (Lipinski definition) is 9. The predicted molar refractivity (Wildman–Crippen MR) is 103 cm³/mol. The lowest BCUT2D eigenvalue weighted by Crippen LogP contribution is -2.35. The zero-order valence-corrected chi connectivity index (χ0v) is 16.9. The molecule has 1 heterocycles. The Labute approximate surface area is 175 Å². The minimum atomic E-state index is -0.395. The van der Waals surface area contributed by atoms with Crippen LogP contribution in [-0.4, -0.2) is 88.1 Å². The number of nitrogens with two attached hydrogens (primary N) is 1. The number of nitrogens with zero attached hydrogens (tertiary/aromatic N) is 1. The Kier molecular flexibility index (Phi) is 14.0. The van der Waals surface area contributed by atoms with E-state index in [1.54, 1.807) is 0 Å². The van der Waals surface area contributed by atoms with Gasteiger partial charge in [0, 0.05) is 31.7 Å². The van der Waals surface area contributed by atoms with Crippen molar-refractivity contribution in [3.63, 3.8) is 0 Å². The number of ether oxygens (including phenoxy) is 4. The summed E-state index contributed by atoms with van der Waals surface area (Å²) in [5.41, 5.74) is 2.01. The third-order valence-electron chi connectivity index (χ3n) is 3.80. The Balaban J connectivity index is 1.79.